The lowest BCUT2D eigenvalue weighted by Crippen LogP contribution is -2.29. The molecule has 2 rings (SSSR count). The molecule has 0 radical (unpaired) electrons. The highest BCUT2D eigenvalue weighted by Gasteiger charge is 2.39. The van der Waals surface area contributed by atoms with Gasteiger partial charge in [-0.15, -0.1) is 11.3 Å². The molecule has 0 aliphatic rings. The number of hydrogen-bond acceptors (Lipinski definition) is 4. The lowest BCUT2D eigenvalue weighted by atomic mass is 10.1. The fourth-order valence-electron chi connectivity index (χ4n) is 1.88. The maximum atomic E-state index is 13.2. The van der Waals surface area contributed by atoms with Gasteiger partial charge in [-0.3, -0.25) is 10.1 Å². The number of carbonyl (C=O) groups excluding carboxylic acids is 1. The molecule has 0 aliphatic heterocycles. The quantitative estimate of drug-likeness (QED) is 0.712. The van der Waals surface area contributed by atoms with Gasteiger partial charge in [-0.25, -0.2) is 4.98 Å². The van der Waals surface area contributed by atoms with Crippen molar-refractivity contribution in [3.8, 4) is 17.0 Å². The zero-order valence-electron chi connectivity index (χ0n) is 13.2. The van der Waals surface area contributed by atoms with Gasteiger partial charge in [-0.05, 0) is 24.6 Å². The van der Waals surface area contributed by atoms with Gasteiger partial charge in [0, 0.05) is 10.9 Å². The van der Waals surface area contributed by atoms with Crippen molar-refractivity contribution in [2.24, 2.45) is 0 Å². The van der Waals surface area contributed by atoms with Crippen LogP contribution in [0.2, 0.25) is 0 Å². The van der Waals surface area contributed by atoms with Crippen LogP contribution in [-0.4, -0.2) is 23.7 Å². The van der Waals surface area contributed by atoms with E-state index in [1.165, 1.54) is 11.4 Å². The molecule has 0 spiro atoms. The predicted molar refractivity (Wildman–Crippen MR) is 83.0 cm³/mol. The summed E-state index contributed by atoms with van der Waals surface area (Å²) in [5, 5.41) is 2.42. The van der Waals surface area contributed by atoms with E-state index in [1.54, 1.807) is 12.2 Å². The summed E-state index contributed by atoms with van der Waals surface area (Å²) in [5.74, 6) is -2.55. The number of carbonyl (C=O) groups is 1. The molecule has 1 aromatic heterocycles. The summed E-state index contributed by atoms with van der Waals surface area (Å²) in [5.41, 5.74) is -0.984. The Balaban J connectivity index is 2.30. The Hall–Kier alpha value is -2.30. The van der Waals surface area contributed by atoms with Crippen molar-refractivity contribution in [2.45, 2.75) is 25.7 Å². The zero-order valence-corrected chi connectivity index (χ0v) is 14.0. The molecule has 0 atom stereocenters. The Morgan fingerprint density at radius 2 is 1.92 bits per heavy atom. The van der Waals surface area contributed by atoms with E-state index < -0.39 is 23.8 Å². The van der Waals surface area contributed by atoms with Crippen molar-refractivity contribution in [3.63, 3.8) is 0 Å². The molecule has 0 saturated carbocycles. The van der Waals surface area contributed by atoms with Gasteiger partial charge in [0.15, 0.2) is 5.13 Å². The molecule has 1 amide bonds. The molecule has 1 aromatic carbocycles. The first kappa shape index (κ1) is 20.0. The number of amides is 1. The maximum absolute atomic E-state index is 13.2. The van der Waals surface area contributed by atoms with Crippen LogP contribution < -0.4 is 10.1 Å². The smallest absolute Gasteiger partial charge is 0.471 e. The van der Waals surface area contributed by atoms with E-state index in [2.05, 4.69) is 4.98 Å². The molecule has 26 heavy (non-hydrogen) atoms. The standard InChI is InChI=1S/C15H12F6N2O2S/c1-2-5-25-11-4-3-8(6-9(11)14(16,17)18)10-7-26-13(22-10)23-12(24)15(19,20)21/h3-4,6-7H,2,5H2,1H3,(H,22,23,24). The molecule has 0 unspecified atom stereocenters. The van der Waals surface area contributed by atoms with Crippen LogP contribution in [0.3, 0.4) is 0 Å². The fraction of sp³-hybridized carbons (Fsp3) is 0.333. The second-order valence-electron chi connectivity index (χ2n) is 5.05. The summed E-state index contributed by atoms with van der Waals surface area (Å²) >= 11 is 0.665. The molecule has 1 heterocycles. The number of benzene rings is 1. The number of halogens is 6. The van der Waals surface area contributed by atoms with Crippen molar-refractivity contribution in [1.82, 2.24) is 4.98 Å². The molecule has 142 valence electrons. The van der Waals surface area contributed by atoms with Crippen molar-refractivity contribution >= 4 is 22.4 Å². The minimum absolute atomic E-state index is 0.0000148. The van der Waals surface area contributed by atoms with E-state index in [9.17, 15) is 31.1 Å². The molecular weight excluding hydrogens is 386 g/mol. The average Bonchev–Trinajstić information content (AvgIpc) is 2.99. The monoisotopic (exact) mass is 398 g/mol. The molecule has 1 N–H and O–H groups in total. The summed E-state index contributed by atoms with van der Waals surface area (Å²) in [6.45, 7) is 1.85. The summed E-state index contributed by atoms with van der Waals surface area (Å²) in [7, 11) is 0. The number of hydrogen-bond donors (Lipinski definition) is 1. The number of nitrogens with one attached hydrogen (secondary N) is 1. The van der Waals surface area contributed by atoms with Crippen LogP contribution in [0, 0.1) is 0 Å². The summed E-state index contributed by atoms with van der Waals surface area (Å²) in [6, 6.07) is 3.24. The van der Waals surface area contributed by atoms with Crippen molar-refractivity contribution in [3.05, 3.63) is 29.1 Å². The highest BCUT2D eigenvalue weighted by atomic mass is 32.1. The number of thiazole rings is 1. The largest absolute Gasteiger partial charge is 0.493 e. The topological polar surface area (TPSA) is 51.2 Å². The first-order valence-corrected chi connectivity index (χ1v) is 8.08. The molecular formula is C15H12F6N2O2S. The van der Waals surface area contributed by atoms with Crippen molar-refractivity contribution in [1.29, 1.82) is 0 Å². The van der Waals surface area contributed by atoms with Gasteiger partial charge in [-0.2, -0.15) is 26.3 Å². The third-order valence-electron chi connectivity index (χ3n) is 3.02. The number of anilines is 1. The number of rotatable bonds is 5. The van der Waals surface area contributed by atoms with E-state index in [4.69, 9.17) is 4.74 Å². The Morgan fingerprint density at radius 3 is 2.50 bits per heavy atom. The van der Waals surface area contributed by atoms with Gasteiger partial charge < -0.3 is 4.74 Å². The number of nitrogens with zero attached hydrogens (tertiary/aromatic N) is 1. The third-order valence-corrected chi connectivity index (χ3v) is 3.78. The van der Waals surface area contributed by atoms with Gasteiger partial charge in [0.1, 0.15) is 5.75 Å². The lowest BCUT2D eigenvalue weighted by Gasteiger charge is -2.14. The van der Waals surface area contributed by atoms with Crippen LogP contribution in [0.15, 0.2) is 23.6 Å². The highest BCUT2D eigenvalue weighted by Crippen LogP contribution is 2.39. The van der Waals surface area contributed by atoms with E-state index >= 15 is 0 Å². The first-order chi connectivity index (χ1) is 12.0. The van der Waals surface area contributed by atoms with E-state index in [1.807, 2.05) is 0 Å². The second kappa shape index (κ2) is 7.52. The van der Waals surface area contributed by atoms with Crippen molar-refractivity contribution in [2.75, 3.05) is 11.9 Å². The zero-order chi connectivity index (χ0) is 19.5. The van der Waals surface area contributed by atoms with Crippen LogP contribution in [0.4, 0.5) is 31.5 Å². The highest BCUT2D eigenvalue weighted by molar-refractivity contribution is 7.14. The molecule has 2 aromatic rings. The van der Waals surface area contributed by atoms with Gasteiger partial charge in [0.2, 0.25) is 0 Å². The van der Waals surface area contributed by atoms with Crippen LogP contribution in [0.5, 0.6) is 5.75 Å². The molecule has 11 heteroatoms. The Bertz CT molecular complexity index is 785. The van der Waals surface area contributed by atoms with Crippen molar-refractivity contribution < 1.29 is 35.9 Å². The molecule has 0 fully saturated rings. The average molecular weight is 398 g/mol. The van der Waals surface area contributed by atoms with Gasteiger partial charge in [-0.1, -0.05) is 6.92 Å². The lowest BCUT2D eigenvalue weighted by molar-refractivity contribution is -0.167. The van der Waals surface area contributed by atoms with Gasteiger partial charge >= 0.3 is 18.3 Å². The van der Waals surface area contributed by atoms with E-state index in [-0.39, 0.29) is 28.7 Å². The molecule has 0 bridgehead atoms. The van der Waals surface area contributed by atoms with E-state index in [0.717, 1.165) is 12.1 Å². The summed E-state index contributed by atoms with van der Waals surface area (Å²) in [6.07, 6.45) is -9.25. The van der Waals surface area contributed by atoms with Crippen LogP contribution in [0.1, 0.15) is 18.9 Å². The number of aromatic nitrogens is 1. The third kappa shape index (κ3) is 4.87. The number of ether oxygens (including phenoxy) is 1. The maximum Gasteiger partial charge on any atom is 0.471 e. The minimum atomic E-state index is -5.09. The van der Waals surface area contributed by atoms with Gasteiger partial charge in [0.05, 0.1) is 17.9 Å². The SMILES string of the molecule is CCCOc1ccc(-c2csc(NC(=O)C(F)(F)F)n2)cc1C(F)(F)F. The minimum Gasteiger partial charge on any atom is -0.493 e. The predicted octanol–water partition coefficient (Wildman–Crippen LogP) is 5.12. The van der Waals surface area contributed by atoms with E-state index in [0.29, 0.717) is 17.8 Å². The fourth-order valence-corrected chi connectivity index (χ4v) is 2.60. The Kier molecular flexibility index (Phi) is 5.79. The van der Waals surface area contributed by atoms with Gasteiger partial charge in [0.25, 0.3) is 0 Å². The Morgan fingerprint density at radius 1 is 1.23 bits per heavy atom. The Labute approximate surface area is 147 Å². The van der Waals surface area contributed by atoms with Crippen LogP contribution in [-0.2, 0) is 11.0 Å². The molecule has 0 saturated heterocycles. The molecule has 4 nitrogen and oxygen atoms in total. The summed E-state index contributed by atoms with van der Waals surface area (Å²) < 4.78 is 81.3. The van der Waals surface area contributed by atoms with Crippen LogP contribution in [0.25, 0.3) is 11.3 Å². The number of alkyl halides is 6. The second-order valence-corrected chi connectivity index (χ2v) is 5.91. The molecule has 0 aliphatic carbocycles. The first-order valence-electron chi connectivity index (χ1n) is 7.20. The summed E-state index contributed by atoms with van der Waals surface area (Å²) in [4.78, 5) is 14.6. The van der Waals surface area contributed by atoms with Crippen LogP contribution >= 0.6 is 11.3 Å². The normalized spacial score (nSPS) is 12.1.